The highest BCUT2D eigenvalue weighted by Gasteiger charge is 2.40. The summed E-state index contributed by atoms with van der Waals surface area (Å²) in [5.41, 5.74) is 1.04. The first-order valence-electron chi connectivity index (χ1n) is 4.69. The van der Waals surface area contributed by atoms with E-state index in [0.717, 1.165) is 7.11 Å². The molecule has 0 saturated heterocycles. The standard InChI is InChI=1S/C10H8F6N2O/c1-19-7-5(8(17)18)2-4(9(11,12)13)3-6(7)10(14,15)16/h2-3H,1H3,(H3,17,18). The van der Waals surface area contributed by atoms with Crippen molar-refractivity contribution in [2.24, 2.45) is 5.73 Å². The molecule has 0 atom stereocenters. The summed E-state index contributed by atoms with van der Waals surface area (Å²) in [7, 11) is 0.851. The fraction of sp³-hybridized carbons (Fsp3) is 0.300. The Morgan fingerprint density at radius 3 is 1.95 bits per heavy atom. The Labute approximate surface area is 103 Å². The van der Waals surface area contributed by atoms with Crippen LogP contribution in [0.25, 0.3) is 0 Å². The van der Waals surface area contributed by atoms with E-state index < -0.39 is 40.6 Å². The van der Waals surface area contributed by atoms with E-state index in [1.54, 1.807) is 0 Å². The van der Waals surface area contributed by atoms with Crippen molar-refractivity contribution in [2.45, 2.75) is 12.4 Å². The van der Waals surface area contributed by atoms with Gasteiger partial charge in [-0.3, -0.25) is 5.41 Å². The Bertz CT molecular complexity index is 506. The third kappa shape index (κ3) is 3.09. The lowest BCUT2D eigenvalue weighted by Crippen LogP contribution is -2.19. The third-order valence-electron chi connectivity index (χ3n) is 2.22. The lowest BCUT2D eigenvalue weighted by atomic mass is 10.0. The van der Waals surface area contributed by atoms with Gasteiger partial charge in [-0.05, 0) is 12.1 Å². The second kappa shape index (κ2) is 4.63. The highest BCUT2D eigenvalue weighted by Crippen LogP contribution is 2.42. The van der Waals surface area contributed by atoms with Crippen molar-refractivity contribution in [1.29, 1.82) is 5.41 Å². The molecule has 0 aromatic heterocycles. The zero-order chi connectivity index (χ0) is 15.0. The van der Waals surface area contributed by atoms with Gasteiger partial charge in [0.1, 0.15) is 11.6 Å². The molecular weight excluding hydrogens is 278 g/mol. The number of halogens is 6. The molecule has 0 aliphatic rings. The number of nitrogens with one attached hydrogen (secondary N) is 1. The first kappa shape index (κ1) is 15.1. The number of ether oxygens (including phenoxy) is 1. The van der Waals surface area contributed by atoms with Crippen molar-refractivity contribution in [3.05, 3.63) is 28.8 Å². The van der Waals surface area contributed by atoms with Gasteiger partial charge >= 0.3 is 12.4 Å². The summed E-state index contributed by atoms with van der Waals surface area (Å²) in [6.07, 6.45) is -10.0. The summed E-state index contributed by atoms with van der Waals surface area (Å²) < 4.78 is 80.0. The van der Waals surface area contributed by atoms with Crippen molar-refractivity contribution in [3.63, 3.8) is 0 Å². The van der Waals surface area contributed by atoms with Gasteiger partial charge in [0.15, 0.2) is 0 Å². The Hall–Kier alpha value is -1.93. The minimum absolute atomic E-state index is 0.0781. The lowest BCUT2D eigenvalue weighted by molar-refractivity contribution is -0.143. The van der Waals surface area contributed by atoms with Gasteiger partial charge in [-0.25, -0.2) is 0 Å². The Morgan fingerprint density at radius 2 is 1.63 bits per heavy atom. The highest BCUT2D eigenvalue weighted by atomic mass is 19.4. The quantitative estimate of drug-likeness (QED) is 0.499. The summed E-state index contributed by atoms with van der Waals surface area (Å²) in [5.74, 6) is -1.86. The number of alkyl halides is 6. The smallest absolute Gasteiger partial charge is 0.420 e. The maximum absolute atomic E-state index is 12.7. The number of amidine groups is 1. The van der Waals surface area contributed by atoms with Crippen LogP contribution in [0.3, 0.4) is 0 Å². The zero-order valence-electron chi connectivity index (χ0n) is 9.41. The first-order valence-corrected chi connectivity index (χ1v) is 4.69. The van der Waals surface area contributed by atoms with Gasteiger partial charge in [-0.15, -0.1) is 0 Å². The van der Waals surface area contributed by atoms with Gasteiger partial charge < -0.3 is 10.5 Å². The lowest BCUT2D eigenvalue weighted by Gasteiger charge is -2.18. The van der Waals surface area contributed by atoms with Crippen LogP contribution in [0, 0.1) is 5.41 Å². The van der Waals surface area contributed by atoms with Crippen LogP contribution in [-0.4, -0.2) is 12.9 Å². The summed E-state index contributed by atoms with van der Waals surface area (Å²) in [5, 5.41) is 7.04. The van der Waals surface area contributed by atoms with E-state index in [4.69, 9.17) is 11.1 Å². The highest BCUT2D eigenvalue weighted by molar-refractivity contribution is 5.98. The third-order valence-corrected chi connectivity index (χ3v) is 2.22. The average Bonchev–Trinajstić information content (AvgIpc) is 2.24. The molecule has 0 fully saturated rings. The van der Waals surface area contributed by atoms with E-state index >= 15 is 0 Å². The van der Waals surface area contributed by atoms with Gasteiger partial charge in [-0.1, -0.05) is 0 Å². The molecule has 0 spiro atoms. The molecule has 0 aliphatic carbocycles. The molecule has 0 bridgehead atoms. The number of nitrogen functional groups attached to an aromatic ring is 1. The van der Waals surface area contributed by atoms with E-state index in [2.05, 4.69) is 4.74 Å². The molecule has 9 heteroatoms. The van der Waals surface area contributed by atoms with E-state index in [1.807, 2.05) is 0 Å². The Morgan fingerprint density at radius 1 is 1.11 bits per heavy atom. The summed E-state index contributed by atoms with van der Waals surface area (Å²) in [4.78, 5) is 0. The number of nitrogens with two attached hydrogens (primary N) is 1. The molecule has 0 saturated carbocycles. The molecule has 0 aliphatic heterocycles. The van der Waals surface area contributed by atoms with Crippen LogP contribution in [0.5, 0.6) is 5.75 Å². The van der Waals surface area contributed by atoms with Crippen LogP contribution in [0.4, 0.5) is 26.3 Å². The number of hydrogen-bond donors (Lipinski definition) is 2. The maximum Gasteiger partial charge on any atom is 0.420 e. The fourth-order valence-corrected chi connectivity index (χ4v) is 1.42. The summed E-state index contributed by atoms with van der Waals surface area (Å²) in [6, 6.07) is 0.266. The monoisotopic (exact) mass is 286 g/mol. The maximum atomic E-state index is 12.7. The van der Waals surface area contributed by atoms with E-state index in [1.165, 1.54) is 0 Å². The summed E-state index contributed by atoms with van der Waals surface area (Å²) in [6.45, 7) is 0. The minimum atomic E-state index is -5.06. The molecule has 0 amide bonds. The molecule has 1 rings (SSSR count). The van der Waals surface area contributed by atoms with Crippen LogP contribution < -0.4 is 10.5 Å². The minimum Gasteiger partial charge on any atom is -0.495 e. The van der Waals surface area contributed by atoms with Gasteiger partial charge in [0.25, 0.3) is 0 Å². The second-order valence-corrected chi connectivity index (χ2v) is 3.51. The van der Waals surface area contributed by atoms with Gasteiger partial charge in [0.2, 0.25) is 0 Å². The second-order valence-electron chi connectivity index (χ2n) is 3.51. The summed E-state index contributed by atoms with van der Waals surface area (Å²) >= 11 is 0. The topological polar surface area (TPSA) is 59.1 Å². The first-order chi connectivity index (χ1) is 8.48. The van der Waals surface area contributed by atoms with Gasteiger partial charge in [0, 0.05) is 0 Å². The number of rotatable bonds is 2. The van der Waals surface area contributed by atoms with Crippen molar-refractivity contribution < 1.29 is 31.1 Å². The molecule has 0 heterocycles. The van der Waals surface area contributed by atoms with Gasteiger partial charge in [0.05, 0.1) is 23.8 Å². The predicted molar refractivity (Wildman–Crippen MR) is 54.0 cm³/mol. The molecule has 1 aromatic rings. The SMILES string of the molecule is COc1c(C(=N)N)cc(C(F)(F)F)cc1C(F)(F)F. The van der Waals surface area contributed by atoms with Crippen molar-refractivity contribution in [3.8, 4) is 5.75 Å². The van der Waals surface area contributed by atoms with E-state index in [9.17, 15) is 26.3 Å². The molecule has 3 N–H and O–H groups in total. The van der Waals surface area contributed by atoms with Crippen LogP contribution >= 0.6 is 0 Å². The molecule has 106 valence electrons. The normalized spacial score (nSPS) is 12.4. The molecule has 3 nitrogen and oxygen atoms in total. The van der Waals surface area contributed by atoms with Crippen LogP contribution in [0.2, 0.25) is 0 Å². The predicted octanol–water partition coefficient (Wildman–Crippen LogP) is 3.02. The molecule has 0 unspecified atom stereocenters. The average molecular weight is 286 g/mol. The molecule has 1 aromatic carbocycles. The number of methoxy groups -OCH3 is 1. The van der Waals surface area contributed by atoms with Crippen molar-refractivity contribution in [2.75, 3.05) is 7.11 Å². The van der Waals surface area contributed by atoms with Crippen LogP contribution in [0.15, 0.2) is 12.1 Å². The Balaban J connectivity index is 3.70. The van der Waals surface area contributed by atoms with Crippen molar-refractivity contribution >= 4 is 5.84 Å². The van der Waals surface area contributed by atoms with Crippen LogP contribution in [0.1, 0.15) is 16.7 Å². The fourth-order valence-electron chi connectivity index (χ4n) is 1.42. The largest absolute Gasteiger partial charge is 0.495 e. The number of benzene rings is 1. The van der Waals surface area contributed by atoms with E-state index in [0.29, 0.717) is 6.07 Å². The molecule has 19 heavy (non-hydrogen) atoms. The molecular formula is C10H8F6N2O. The van der Waals surface area contributed by atoms with Gasteiger partial charge in [-0.2, -0.15) is 26.3 Å². The zero-order valence-corrected chi connectivity index (χ0v) is 9.41. The van der Waals surface area contributed by atoms with Crippen LogP contribution in [-0.2, 0) is 12.4 Å². The van der Waals surface area contributed by atoms with Crippen molar-refractivity contribution in [1.82, 2.24) is 0 Å². The Kier molecular flexibility index (Phi) is 3.69. The molecule has 0 radical (unpaired) electrons. The number of hydrogen-bond acceptors (Lipinski definition) is 2. The van der Waals surface area contributed by atoms with E-state index in [-0.39, 0.29) is 6.07 Å².